The molecule has 0 bridgehead atoms. The smallest absolute Gasteiger partial charge is 0.462 e. The maximum atomic E-state index is 12.5. The van der Waals surface area contributed by atoms with Gasteiger partial charge in [0.15, 0.2) is 0 Å². The summed E-state index contributed by atoms with van der Waals surface area (Å²) in [5.74, 6) is -0.731. The van der Waals surface area contributed by atoms with E-state index < -0.39 is 19.8 Å². The zero-order valence-corrected chi connectivity index (χ0v) is 8.68. The Balaban J connectivity index is 3.11. The molecule has 0 unspecified atom stereocenters. The van der Waals surface area contributed by atoms with Crippen molar-refractivity contribution in [3.63, 3.8) is 0 Å². The second-order valence-electron chi connectivity index (χ2n) is 2.99. The van der Waals surface area contributed by atoms with Gasteiger partial charge < -0.3 is 14.8 Å². The number of rotatable bonds is 4. The first kappa shape index (κ1) is 12.6. The number of ether oxygens (including phenoxy) is 1. The van der Waals surface area contributed by atoms with E-state index in [1.807, 2.05) is 0 Å². The molecule has 0 radical (unpaired) electrons. The standard InChI is InChI=1S/C9H11BFNO4/c1-2-16-9(13)7-3-6(10(14)15)5-12-8(7)4-11/h3,5,14-15H,2,4H2,1H3. The monoisotopic (exact) mass is 227 g/mol. The number of carbonyl (C=O) groups is 1. The van der Waals surface area contributed by atoms with E-state index in [4.69, 9.17) is 14.8 Å². The van der Waals surface area contributed by atoms with Crippen molar-refractivity contribution in [2.45, 2.75) is 13.6 Å². The van der Waals surface area contributed by atoms with Gasteiger partial charge in [0.25, 0.3) is 0 Å². The highest BCUT2D eigenvalue weighted by Gasteiger charge is 2.19. The summed E-state index contributed by atoms with van der Waals surface area (Å²) in [6.07, 6.45) is 1.10. The van der Waals surface area contributed by atoms with Gasteiger partial charge in [0.05, 0.1) is 17.9 Å². The van der Waals surface area contributed by atoms with Crippen molar-refractivity contribution in [3.8, 4) is 0 Å². The lowest BCUT2D eigenvalue weighted by atomic mass is 9.81. The molecule has 5 nitrogen and oxygen atoms in total. The summed E-state index contributed by atoms with van der Waals surface area (Å²) >= 11 is 0. The number of halogens is 1. The van der Waals surface area contributed by atoms with E-state index in [1.165, 1.54) is 0 Å². The van der Waals surface area contributed by atoms with Crippen LogP contribution in [-0.4, -0.2) is 34.7 Å². The molecular formula is C9H11BFNO4. The number of nitrogens with zero attached hydrogens (tertiary/aromatic N) is 1. The van der Waals surface area contributed by atoms with Crippen molar-refractivity contribution in [1.82, 2.24) is 4.98 Å². The van der Waals surface area contributed by atoms with Crippen LogP contribution >= 0.6 is 0 Å². The lowest BCUT2D eigenvalue weighted by molar-refractivity contribution is 0.0523. The Morgan fingerprint density at radius 1 is 1.62 bits per heavy atom. The second-order valence-corrected chi connectivity index (χ2v) is 2.99. The number of aromatic nitrogens is 1. The van der Waals surface area contributed by atoms with Crippen LogP contribution in [0.4, 0.5) is 4.39 Å². The number of alkyl halides is 1. The van der Waals surface area contributed by atoms with Crippen LogP contribution < -0.4 is 5.46 Å². The Labute approximate surface area is 92.0 Å². The molecule has 0 aliphatic heterocycles. The van der Waals surface area contributed by atoms with Crippen molar-refractivity contribution < 1.29 is 24.0 Å². The van der Waals surface area contributed by atoms with E-state index >= 15 is 0 Å². The molecule has 1 aromatic heterocycles. The molecule has 0 atom stereocenters. The molecule has 0 saturated carbocycles. The number of hydrogen-bond acceptors (Lipinski definition) is 5. The Kier molecular flexibility index (Phi) is 4.39. The normalized spacial score (nSPS) is 10.0. The van der Waals surface area contributed by atoms with Crippen molar-refractivity contribution in [3.05, 3.63) is 23.5 Å². The molecule has 2 N–H and O–H groups in total. The molecule has 0 aliphatic rings. The first-order valence-corrected chi connectivity index (χ1v) is 4.68. The molecule has 1 heterocycles. The van der Waals surface area contributed by atoms with Gasteiger partial charge in [-0.1, -0.05) is 0 Å². The van der Waals surface area contributed by atoms with Gasteiger partial charge in [-0.3, -0.25) is 4.98 Å². The summed E-state index contributed by atoms with van der Waals surface area (Å²) in [6.45, 7) is 0.845. The minimum absolute atomic E-state index is 0.0141. The van der Waals surface area contributed by atoms with E-state index in [1.54, 1.807) is 6.92 Å². The summed E-state index contributed by atoms with van der Waals surface area (Å²) < 4.78 is 17.2. The predicted octanol–water partition coefficient (Wildman–Crippen LogP) is -0.592. The summed E-state index contributed by atoms with van der Waals surface area (Å²) in [7, 11) is -1.76. The van der Waals surface area contributed by atoms with Gasteiger partial charge in [0.2, 0.25) is 0 Å². The van der Waals surface area contributed by atoms with Crippen molar-refractivity contribution in [1.29, 1.82) is 0 Å². The molecule has 0 amide bonds. The lowest BCUT2D eigenvalue weighted by Crippen LogP contribution is -2.31. The second kappa shape index (κ2) is 5.57. The van der Waals surface area contributed by atoms with Gasteiger partial charge in [0.1, 0.15) is 6.67 Å². The van der Waals surface area contributed by atoms with Gasteiger partial charge in [-0.05, 0) is 13.0 Å². The molecule has 1 aromatic rings. The van der Waals surface area contributed by atoms with E-state index in [-0.39, 0.29) is 23.3 Å². The van der Waals surface area contributed by atoms with Crippen molar-refractivity contribution in [2.24, 2.45) is 0 Å². The minimum Gasteiger partial charge on any atom is -0.462 e. The molecule has 0 saturated heterocycles. The Morgan fingerprint density at radius 3 is 2.81 bits per heavy atom. The summed E-state index contributed by atoms with van der Waals surface area (Å²) in [6, 6.07) is 1.16. The minimum atomic E-state index is -1.76. The van der Waals surface area contributed by atoms with E-state index in [9.17, 15) is 9.18 Å². The first-order valence-electron chi connectivity index (χ1n) is 4.68. The van der Waals surface area contributed by atoms with Crippen LogP contribution in [0.2, 0.25) is 0 Å². The van der Waals surface area contributed by atoms with E-state index in [0.717, 1.165) is 12.3 Å². The summed E-state index contributed by atoms with van der Waals surface area (Å²) in [4.78, 5) is 15.0. The fourth-order valence-corrected chi connectivity index (χ4v) is 1.14. The molecule has 86 valence electrons. The molecular weight excluding hydrogens is 216 g/mol. The fraction of sp³-hybridized carbons (Fsp3) is 0.333. The van der Waals surface area contributed by atoms with Gasteiger partial charge in [-0.15, -0.1) is 0 Å². The SMILES string of the molecule is CCOC(=O)c1cc(B(O)O)cnc1CF. The largest absolute Gasteiger partial charge is 0.490 e. The molecule has 0 fully saturated rings. The van der Waals surface area contributed by atoms with Crippen LogP contribution in [-0.2, 0) is 11.4 Å². The molecule has 7 heteroatoms. The maximum absolute atomic E-state index is 12.5. The molecule has 0 spiro atoms. The highest BCUT2D eigenvalue weighted by Crippen LogP contribution is 2.07. The number of pyridine rings is 1. The van der Waals surface area contributed by atoms with Gasteiger partial charge in [-0.2, -0.15) is 0 Å². The fourth-order valence-electron chi connectivity index (χ4n) is 1.14. The highest BCUT2D eigenvalue weighted by molar-refractivity contribution is 6.58. The van der Waals surface area contributed by atoms with Crippen molar-refractivity contribution >= 4 is 18.6 Å². The van der Waals surface area contributed by atoms with E-state index in [0.29, 0.717) is 0 Å². The number of carbonyl (C=O) groups excluding carboxylic acids is 1. The van der Waals surface area contributed by atoms with Crippen LogP contribution in [0.5, 0.6) is 0 Å². The predicted molar refractivity (Wildman–Crippen MR) is 54.8 cm³/mol. The van der Waals surface area contributed by atoms with E-state index in [2.05, 4.69) is 4.98 Å². The Morgan fingerprint density at radius 2 is 2.31 bits per heavy atom. The van der Waals surface area contributed by atoms with Crippen LogP contribution in [0.15, 0.2) is 12.3 Å². The third-order valence-corrected chi connectivity index (χ3v) is 1.91. The number of esters is 1. The number of hydrogen-bond donors (Lipinski definition) is 2. The van der Waals surface area contributed by atoms with Crippen LogP contribution in [0.25, 0.3) is 0 Å². The van der Waals surface area contributed by atoms with Crippen molar-refractivity contribution in [2.75, 3.05) is 6.61 Å². The quantitative estimate of drug-likeness (QED) is 0.530. The van der Waals surface area contributed by atoms with Crippen LogP contribution in [0.1, 0.15) is 23.0 Å². The molecule has 0 aliphatic carbocycles. The van der Waals surface area contributed by atoms with Gasteiger partial charge in [0, 0.05) is 11.7 Å². The summed E-state index contributed by atoms with van der Waals surface area (Å²) in [5.41, 5.74) is -0.155. The molecule has 16 heavy (non-hydrogen) atoms. The zero-order chi connectivity index (χ0) is 12.1. The van der Waals surface area contributed by atoms with Crippen LogP contribution in [0.3, 0.4) is 0 Å². The maximum Gasteiger partial charge on any atom is 0.490 e. The molecule has 1 rings (SSSR count). The molecule has 0 aromatic carbocycles. The van der Waals surface area contributed by atoms with Gasteiger partial charge in [-0.25, -0.2) is 9.18 Å². The Hall–Kier alpha value is -1.47. The average molecular weight is 227 g/mol. The van der Waals surface area contributed by atoms with Crippen LogP contribution in [0, 0.1) is 0 Å². The first-order chi connectivity index (χ1) is 7.60. The topological polar surface area (TPSA) is 79.7 Å². The average Bonchev–Trinajstić information content (AvgIpc) is 2.28. The van der Waals surface area contributed by atoms with Gasteiger partial charge >= 0.3 is 13.1 Å². The third kappa shape index (κ3) is 2.77. The highest BCUT2D eigenvalue weighted by atomic mass is 19.1. The zero-order valence-electron chi connectivity index (χ0n) is 8.68. The lowest BCUT2D eigenvalue weighted by Gasteiger charge is -2.07. The third-order valence-electron chi connectivity index (χ3n) is 1.91. The Bertz CT molecular complexity index is 386. The summed E-state index contributed by atoms with van der Waals surface area (Å²) in [5, 5.41) is 17.8.